The molecule has 0 aliphatic carbocycles. The predicted octanol–water partition coefficient (Wildman–Crippen LogP) is 2.87. The minimum Gasteiger partial charge on any atom is -0.281 e. The second-order valence-corrected chi connectivity index (χ2v) is 6.23. The molecule has 1 aromatic carbocycles. The van der Waals surface area contributed by atoms with Gasteiger partial charge in [-0.1, -0.05) is 11.6 Å². The van der Waals surface area contributed by atoms with E-state index in [1.54, 1.807) is 30.5 Å². The van der Waals surface area contributed by atoms with E-state index in [-0.39, 0.29) is 11.6 Å². The summed E-state index contributed by atoms with van der Waals surface area (Å²) in [4.78, 5) is 4.14. The number of fused-ring (bicyclic) bond motifs is 1. The first-order valence-electron chi connectivity index (χ1n) is 5.13. The summed E-state index contributed by atoms with van der Waals surface area (Å²) < 4.78 is 25.8. The van der Waals surface area contributed by atoms with Crippen molar-refractivity contribution in [1.82, 2.24) is 4.98 Å². The van der Waals surface area contributed by atoms with Gasteiger partial charge in [0.15, 0.2) is 0 Å². The Bertz CT molecular complexity index is 674. The number of rotatable bonds is 4. The molecule has 0 bridgehead atoms. The summed E-state index contributed by atoms with van der Waals surface area (Å²) in [6, 6.07) is 6.74. The van der Waals surface area contributed by atoms with Crippen molar-refractivity contribution >= 4 is 49.8 Å². The molecule has 1 N–H and O–H groups in total. The average molecular weight is 305 g/mol. The molecule has 0 saturated heterocycles. The second kappa shape index (κ2) is 5.30. The number of nitrogens with one attached hydrogen (secondary N) is 1. The summed E-state index contributed by atoms with van der Waals surface area (Å²) >= 11 is 11.5. The van der Waals surface area contributed by atoms with Crippen molar-refractivity contribution in [3.8, 4) is 0 Å². The zero-order valence-corrected chi connectivity index (χ0v) is 11.6. The molecule has 2 rings (SSSR count). The molecule has 0 spiro atoms. The number of halogens is 2. The van der Waals surface area contributed by atoms with E-state index in [9.17, 15) is 8.42 Å². The van der Waals surface area contributed by atoms with Crippen LogP contribution in [0.4, 0.5) is 5.69 Å². The fourth-order valence-corrected chi connectivity index (χ4v) is 3.17. The van der Waals surface area contributed by atoms with Crippen LogP contribution in [0.3, 0.4) is 0 Å². The number of hydrogen-bond donors (Lipinski definition) is 1. The minimum absolute atomic E-state index is 0.0360. The molecule has 1 heterocycles. The normalized spacial score (nSPS) is 11.7. The monoisotopic (exact) mass is 304 g/mol. The number of sulfonamides is 1. The highest BCUT2D eigenvalue weighted by molar-refractivity contribution is 7.92. The number of aromatic nitrogens is 1. The smallest absolute Gasteiger partial charge is 0.233 e. The van der Waals surface area contributed by atoms with E-state index in [1.165, 1.54) is 0 Å². The highest BCUT2D eigenvalue weighted by Gasteiger charge is 2.13. The standard InChI is InChI=1S/C11H10Cl2N2O2S/c12-5-7-18(16,17)15-10-4-3-9(13)8-2-1-6-14-11(8)10/h1-4,6,15H,5,7H2. The van der Waals surface area contributed by atoms with Crippen molar-refractivity contribution in [2.75, 3.05) is 16.4 Å². The Labute approximate surface area is 115 Å². The molecule has 7 heteroatoms. The van der Waals surface area contributed by atoms with Gasteiger partial charge >= 0.3 is 0 Å². The molecular weight excluding hydrogens is 295 g/mol. The van der Waals surface area contributed by atoms with Crippen LogP contribution < -0.4 is 4.72 Å². The van der Waals surface area contributed by atoms with Gasteiger partial charge < -0.3 is 0 Å². The number of pyridine rings is 1. The second-order valence-electron chi connectivity index (χ2n) is 3.60. The lowest BCUT2D eigenvalue weighted by Crippen LogP contribution is -2.17. The first kappa shape index (κ1) is 13.4. The van der Waals surface area contributed by atoms with Crippen molar-refractivity contribution in [3.05, 3.63) is 35.5 Å². The van der Waals surface area contributed by atoms with Crippen molar-refractivity contribution < 1.29 is 8.42 Å². The van der Waals surface area contributed by atoms with Crippen molar-refractivity contribution in [3.63, 3.8) is 0 Å². The molecule has 0 aliphatic rings. The highest BCUT2D eigenvalue weighted by Crippen LogP contribution is 2.28. The summed E-state index contributed by atoms with van der Waals surface area (Å²) in [5.74, 6) is -0.111. The van der Waals surface area contributed by atoms with Gasteiger partial charge in [-0.2, -0.15) is 0 Å². The Hall–Kier alpha value is -1.04. The quantitative estimate of drug-likeness (QED) is 0.884. The van der Waals surface area contributed by atoms with Crippen molar-refractivity contribution in [2.24, 2.45) is 0 Å². The van der Waals surface area contributed by atoms with Crippen molar-refractivity contribution in [1.29, 1.82) is 0 Å². The van der Waals surface area contributed by atoms with Crippen LogP contribution in [-0.2, 0) is 10.0 Å². The van der Waals surface area contributed by atoms with Gasteiger partial charge in [-0.05, 0) is 24.3 Å². The van der Waals surface area contributed by atoms with Crippen LogP contribution in [0.25, 0.3) is 10.9 Å². The molecule has 18 heavy (non-hydrogen) atoms. The number of benzene rings is 1. The Balaban J connectivity index is 2.50. The molecule has 0 unspecified atom stereocenters. The van der Waals surface area contributed by atoms with Crippen LogP contribution in [0, 0.1) is 0 Å². The number of hydrogen-bond acceptors (Lipinski definition) is 3. The Morgan fingerprint density at radius 2 is 2.06 bits per heavy atom. The van der Waals surface area contributed by atoms with Gasteiger partial charge in [0.1, 0.15) is 0 Å². The molecular formula is C11H10Cl2N2O2S. The largest absolute Gasteiger partial charge is 0.281 e. The molecule has 1 aromatic heterocycles. The summed E-state index contributed by atoms with van der Waals surface area (Å²) in [5, 5.41) is 1.23. The summed E-state index contributed by atoms with van der Waals surface area (Å²) in [6.07, 6.45) is 1.58. The van der Waals surface area contributed by atoms with Gasteiger partial charge in [-0.3, -0.25) is 9.71 Å². The minimum atomic E-state index is -3.45. The molecule has 4 nitrogen and oxygen atoms in total. The number of nitrogens with zero attached hydrogens (tertiary/aromatic N) is 1. The van der Waals surface area contributed by atoms with Crippen LogP contribution in [0.2, 0.25) is 5.02 Å². The van der Waals surface area contributed by atoms with Crippen molar-refractivity contribution in [2.45, 2.75) is 0 Å². The summed E-state index contributed by atoms with van der Waals surface area (Å²) in [6.45, 7) is 0. The fourth-order valence-electron chi connectivity index (χ4n) is 1.54. The maximum absolute atomic E-state index is 11.7. The Morgan fingerprint density at radius 3 is 2.78 bits per heavy atom. The van der Waals surface area contributed by atoms with Crippen LogP contribution in [0.5, 0.6) is 0 Å². The number of alkyl halides is 1. The van der Waals surface area contributed by atoms with Gasteiger partial charge in [0.25, 0.3) is 0 Å². The fraction of sp³-hybridized carbons (Fsp3) is 0.182. The van der Waals surface area contributed by atoms with E-state index in [0.717, 1.165) is 0 Å². The molecule has 0 saturated carbocycles. The molecule has 0 radical (unpaired) electrons. The van der Waals surface area contributed by atoms with E-state index < -0.39 is 10.0 Å². The third kappa shape index (κ3) is 2.85. The molecule has 0 fully saturated rings. The maximum Gasteiger partial charge on any atom is 0.233 e. The molecule has 0 atom stereocenters. The van der Waals surface area contributed by atoms with Crippen LogP contribution in [-0.4, -0.2) is 25.0 Å². The summed E-state index contributed by atoms with van der Waals surface area (Å²) in [7, 11) is -3.45. The highest BCUT2D eigenvalue weighted by atomic mass is 35.5. The topological polar surface area (TPSA) is 59.1 Å². The van der Waals surface area contributed by atoms with Crippen LogP contribution in [0.15, 0.2) is 30.5 Å². The van der Waals surface area contributed by atoms with Gasteiger partial charge in [-0.25, -0.2) is 8.42 Å². The van der Waals surface area contributed by atoms with Gasteiger partial charge in [0, 0.05) is 17.5 Å². The van der Waals surface area contributed by atoms with Gasteiger partial charge in [0.05, 0.1) is 22.0 Å². The predicted molar refractivity (Wildman–Crippen MR) is 74.9 cm³/mol. The SMILES string of the molecule is O=S(=O)(CCCl)Nc1ccc(Cl)c2cccnc12. The van der Waals surface area contributed by atoms with Crippen LogP contribution >= 0.6 is 23.2 Å². The van der Waals surface area contributed by atoms with Gasteiger partial charge in [0.2, 0.25) is 10.0 Å². The first-order chi connectivity index (χ1) is 8.53. The van der Waals surface area contributed by atoms with E-state index in [2.05, 4.69) is 9.71 Å². The lowest BCUT2D eigenvalue weighted by Gasteiger charge is -2.09. The lowest BCUT2D eigenvalue weighted by molar-refractivity contribution is 0.602. The zero-order chi connectivity index (χ0) is 13.2. The maximum atomic E-state index is 11.7. The van der Waals surface area contributed by atoms with E-state index in [4.69, 9.17) is 23.2 Å². The molecule has 96 valence electrons. The van der Waals surface area contributed by atoms with Crippen LogP contribution in [0.1, 0.15) is 0 Å². The number of anilines is 1. The van der Waals surface area contributed by atoms with E-state index >= 15 is 0 Å². The third-order valence-electron chi connectivity index (χ3n) is 2.33. The average Bonchev–Trinajstić information content (AvgIpc) is 2.33. The van der Waals surface area contributed by atoms with Gasteiger partial charge in [-0.15, -0.1) is 11.6 Å². The summed E-state index contributed by atoms with van der Waals surface area (Å²) in [5.41, 5.74) is 0.920. The molecule has 2 aromatic rings. The van der Waals surface area contributed by atoms with E-state index in [0.29, 0.717) is 21.6 Å². The Kier molecular flexibility index (Phi) is 3.94. The van der Waals surface area contributed by atoms with E-state index in [1.807, 2.05) is 0 Å². The third-order valence-corrected chi connectivity index (χ3v) is 4.34. The first-order valence-corrected chi connectivity index (χ1v) is 7.69. The molecule has 0 aliphatic heterocycles. The lowest BCUT2D eigenvalue weighted by atomic mass is 10.2. The molecule has 0 amide bonds. The Morgan fingerprint density at radius 1 is 1.28 bits per heavy atom. The zero-order valence-electron chi connectivity index (χ0n) is 9.23.